The molecule has 0 saturated carbocycles. The Kier molecular flexibility index (Phi) is 10.4. The van der Waals surface area contributed by atoms with Crippen molar-refractivity contribution in [3.05, 3.63) is 28.2 Å². The van der Waals surface area contributed by atoms with Gasteiger partial charge < -0.3 is 24.6 Å². The number of rotatable bonds is 7. The van der Waals surface area contributed by atoms with Gasteiger partial charge in [0.15, 0.2) is 0 Å². The largest absolute Gasteiger partial charge is 0.492 e. The number of benzene rings is 1. The summed E-state index contributed by atoms with van der Waals surface area (Å²) in [6, 6.07) is 6.11. The summed E-state index contributed by atoms with van der Waals surface area (Å²) in [6.07, 6.45) is 1.10. The zero-order chi connectivity index (χ0) is 26.2. The van der Waals surface area contributed by atoms with Crippen molar-refractivity contribution in [2.75, 3.05) is 39.3 Å². The van der Waals surface area contributed by atoms with Crippen molar-refractivity contribution in [2.45, 2.75) is 71.8 Å². The summed E-state index contributed by atoms with van der Waals surface area (Å²) in [5, 5.41) is 2.50. The van der Waals surface area contributed by atoms with Gasteiger partial charge in [0.25, 0.3) is 0 Å². The number of nitrogens with one attached hydrogen (secondary N) is 1. The standard InChI is InChI=1S/C26H40BrN3O5/c1-25(2,3)19-10-11-21(20(27)17-19)34-16-7-9-22(31)29-12-8-13-30(15-14-29)23(32)18-28-24(33)35-26(4,5)6/h10-11,17H,7-9,12-16,18H2,1-6H3,(H,28,33). The van der Waals surface area contributed by atoms with Gasteiger partial charge in [0.1, 0.15) is 17.9 Å². The van der Waals surface area contributed by atoms with E-state index < -0.39 is 11.7 Å². The molecule has 0 spiro atoms. The first-order valence-electron chi connectivity index (χ1n) is 12.2. The van der Waals surface area contributed by atoms with E-state index in [9.17, 15) is 14.4 Å². The van der Waals surface area contributed by atoms with Crippen LogP contribution < -0.4 is 10.1 Å². The molecule has 196 valence electrons. The number of ether oxygens (including phenoxy) is 2. The van der Waals surface area contributed by atoms with E-state index in [2.05, 4.69) is 54.2 Å². The topological polar surface area (TPSA) is 88.2 Å². The average Bonchev–Trinajstić information content (AvgIpc) is 3.00. The van der Waals surface area contributed by atoms with Gasteiger partial charge in [-0.25, -0.2) is 4.79 Å². The van der Waals surface area contributed by atoms with Crippen LogP contribution in [0.5, 0.6) is 5.75 Å². The van der Waals surface area contributed by atoms with Crippen LogP contribution in [0.15, 0.2) is 22.7 Å². The highest BCUT2D eigenvalue weighted by atomic mass is 79.9. The second kappa shape index (κ2) is 12.6. The number of carbonyl (C=O) groups is 3. The summed E-state index contributed by atoms with van der Waals surface area (Å²) in [5.41, 5.74) is 0.672. The molecule has 1 aliphatic rings. The molecule has 1 aromatic carbocycles. The van der Waals surface area contributed by atoms with Gasteiger partial charge in [-0.2, -0.15) is 0 Å². The molecule has 9 heteroatoms. The summed E-state index contributed by atoms with van der Waals surface area (Å²) in [5.74, 6) is 0.660. The number of nitrogens with zero attached hydrogens (tertiary/aromatic N) is 2. The summed E-state index contributed by atoms with van der Waals surface area (Å²) in [4.78, 5) is 40.4. The lowest BCUT2D eigenvalue weighted by molar-refractivity contribution is -0.133. The second-order valence-corrected chi connectivity index (χ2v) is 11.7. The van der Waals surface area contributed by atoms with E-state index in [1.165, 1.54) is 5.56 Å². The highest BCUT2D eigenvalue weighted by Gasteiger charge is 2.23. The smallest absolute Gasteiger partial charge is 0.408 e. The van der Waals surface area contributed by atoms with Gasteiger partial charge >= 0.3 is 6.09 Å². The molecule has 1 aliphatic heterocycles. The molecule has 0 aromatic heterocycles. The summed E-state index contributed by atoms with van der Waals surface area (Å²) in [6.45, 7) is 14.2. The minimum Gasteiger partial charge on any atom is -0.492 e. The summed E-state index contributed by atoms with van der Waals surface area (Å²) < 4.78 is 12.0. The Morgan fingerprint density at radius 1 is 0.971 bits per heavy atom. The lowest BCUT2D eigenvalue weighted by atomic mass is 9.87. The van der Waals surface area contributed by atoms with Crippen LogP contribution in [0.3, 0.4) is 0 Å². The van der Waals surface area contributed by atoms with Gasteiger partial charge in [-0.15, -0.1) is 0 Å². The van der Waals surface area contributed by atoms with Crippen molar-refractivity contribution in [3.8, 4) is 5.75 Å². The van der Waals surface area contributed by atoms with Crippen molar-refractivity contribution in [1.82, 2.24) is 15.1 Å². The van der Waals surface area contributed by atoms with Crippen molar-refractivity contribution >= 4 is 33.8 Å². The molecule has 1 heterocycles. The molecule has 0 aliphatic carbocycles. The molecule has 0 atom stereocenters. The first-order valence-corrected chi connectivity index (χ1v) is 13.0. The van der Waals surface area contributed by atoms with E-state index in [4.69, 9.17) is 9.47 Å². The second-order valence-electron chi connectivity index (χ2n) is 10.8. The number of amides is 3. The van der Waals surface area contributed by atoms with Crippen LogP contribution in [-0.2, 0) is 19.7 Å². The zero-order valence-corrected chi connectivity index (χ0v) is 23.5. The molecule has 3 amide bonds. The predicted octanol–water partition coefficient (Wildman–Crippen LogP) is 4.49. The Balaban J connectivity index is 1.72. The van der Waals surface area contributed by atoms with E-state index in [0.29, 0.717) is 52.0 Å². The fourth-order valence-corrected chi connectivity index (χ4v) is 4.13. The van der Waals surface area contributed by atoms with E-state index >= 15 is 0 Å². The molecule has 8 nitrogen and oxygen atoms in total. The van der Waals surface area contributed by atoms with Crippen LogP contribution in [0.4, 0.5) is 4.79 Å². The maximum Gasteiger partial charge on any atom is 0.408 e. The van der Waals surface area contributed by atoms with Gasteiger partial charge in [-0.3, -0.25) is 9.59 Å². The zero-order valence-electron chi connectivity index (χ0n) is 21.9. The maximum absolute atomic E-state index is 12.7. The molecule has 1 saturated heterocycles. The van der Waals surface area contributed by atoms with Gasteiger partial charge in [-0.1, -0.05) is 26.8 Å². The Morgan fingerprint density at radius 3 is 2.17 bits per heavy atom. The number of halogens is 1. The quantitative estimate of drug-likeness (QED) is 0.502. The highest BCUT2D eigenvalue weighted by molar-refractivity contribution is 9.10. The minimum absolute atomic E-state index is 0.0649. The molecule has 1 aromatic rings. The van der Waals surface area contributed by atoms with E-state index in [0.717, 1.165) is 10.2 Å². The van der Waals surface area contributed by atoms with Crippen LogP contribution in [0.25, 0.3) is 0 Å². The van der Waals surface area contributed by atoms with Crippen molar-refractivity contribution in [2.24, 2.45) is 0 Å². The van der Waals surface area contributed by atoms with Crippen LogP contribution in [0, 0.1) is 0 Å². The van der Waals surface area contributed by atoms with Crippen LogP contribution in [-0.4, -0.2) is 72.6 Å². The molecule has 1 N–H and O–H groups in total. The molecule has 1 fully saturated rings. The number of alkyl carbamates (subject to hydrolysis) is 1. The normalized spacial score (nSPS) is 14.8. The molecular weight excluding hydrogens is 514 g/mol. The first-order chi connectivity index (χ1) is 16.3. The summed E-state index contributed by atoms with van der Waals surface area (Å²) >= 11 is 3.58. The molecule has 0 unspecified atom stereocenters. The highest BCUT2D eigenvalue weighted by Crippen LogP contribution is 2.31. The molecule has 0 bridgehead atoms. The lowest BCUT2D eigenvalue weighted by Crippen LogP contribution is -2.43. The third kappa shape index (κ3) is 10.1. The van der Waals surface area contributed by atoms with E-state index in [-0.39, 0.29) is 23.8 Å². The van der Waals surface area contributed by atoms with Gasteiger partial charge in [0.2, 0.25) is 11.8 Å². The van der Waals surface area contributed by atoms with Crippen molar-refractivity contribution in [1.29, 1.82) is 0 Å². The Bertz CT molecular complexity index is 892. The van der Waals surface area contributed by atoms with E-state index in [1.54, 1.807) is 25.7 Å². The number of hydrogen-bond donors (Lipinski definition) is 1. The molecule has 2 rings (SSSR count). The molecule has 35 heavy (non-hydrogen) atoms. The molecule has 0 radical (unpaired) electrons. The minimum atomic E-state index is -0.616. The maximum atomic E-state index is 12.7. The third-order valence-electron chi connectivity index (χ3n) is 5.57. The van der Waals surface area contributed by atoms with Crippen LogP contribution >= 0.6 is 15.9 Å². The predicted molar refractivity (Wildman–Crippen MR) is 140 cm³/mol. The summed E-state index contributed by atoms with van der Waals surface area (Å²) in [7, 11) is 0. The third-order valence-corrected chi connectivity index (χ3v) is 6.19. The van der Waals surface area contributed by atoms with Gasteiger partial charge in [-0.05, 0) is 72.7 Å². The van der Waals surface area contributed by atoms with Crippen LogP contribution in [0.2, 0.25) is 0 Å². The first kappa shape index (κ1) is 28.9. The van der Waals surface area contributed by atoms with E-state index in [1.807, 2.05) is 11.0 Å². The monoisotopic (exact) mass is 553 g/mol. The van der Waals surface area contributed by atoms with Crippen molar-refractivity contribution < 1.29 is 23.9 Å². The van der Waals surface area contributed by atoms with Crippen molar-refractivity contribution in [3.63, 3.8) is 0 Å². The Hall–Kier alpha value is -2.29. The Morgan fingerprint density at radius 2 is 1.60 bits per heavy atom. The fraction of sp³-hybridized carbons (Fsp3) is 0.654. The Labute approximate surface area is 217 Å². The lowest BCUT2D eigenvalue weighted by Gasteiger charge is -2.23. The fourth-order valence-electron chi connectivity index (χ4n) is 3.64. The number of carbonyl (C=O) groups excluding carboxylic acids is 3. The molecular formula is C26H40BrN3O5. The van der Waals surface area contributed by atoms with Gasteiger partial charge in [0, 0.05) is 32.6 Å². The van der Waals surface area contributed by atoms with Crippen LogP contribution in [0.1, 0.15) is 66.4 Å². The number of hydrogen-bond acceptors (Lipinski definition) is 5. The average molecular weight is 555 g/mol. The SMILES string of the molecule is CC(C)(C)OC(=O)NCC(=O)N1CCCN(C(=O)CCCOc2ccc(C(C)(C)C)cc2Br)CC1. The van der Waals surface area contributed by atoms with Gasteiger partial charge in [0.05, 0.1) is 11.1 Å².